The number of hydrogen-bond acceptors (Lipinski definition) is 7. The van der Waals surface area contributed by atoms with E-state index in [2.05, 4.69) is 10.6 Å². The first-order valence-electron chi connectivity index (χ1n) is 11.3. The number of non-ortho nitro benzene ring substituents is 1. The van der Waals surface area contributed by atoms with E-state index in [1.54, 1.807) is 41.1 Å². The minimum absolute atomic E-state index is 0.0776. The van der Waals surface area contributed by atoms with Crippen LogP contribution < -0.4 is 0 Å². The number of nitrogens with zero attached hydrogens (tertiary/aromatic N) is 3. The van der Waals surface area contributed by atoms with E-state index in [1.165, 1.54) is 23.9 Å². The molecule has 0 radical (unpaired) electrons. The van der Waals surface area contributed by atoms with Gasteiger partial charge in [-0.1, -0.05) is 35.7 Å². The SMILES string of the molecule is Cc1cc(/C=C2\SC(=S)N(Cc3ccco3)C2=O)c(C)n1-c1ccc(Sc2ccc([N+](=O)[O-])cc2)cc1. The molecule has 10 heteroatoms. The second kappa shape index (κ2) is 10.4. The maximum absolute atomic E-state index is 13.0. The van der Waals surface area contributed by atoms with Crippen molar-refractivity contribution in [1.82, 2.24) is 9.47 Å². The third kappa shape index (κ3) is 5.27. The number of carbonyl (C=O) groups excluding carboxylic acids is 1. The second-order valence-electron chi connectivity index (χ2n) is 8.36. The van der Waals surface area contributed by atoms with Crippen LogP contribution in [0.2, 0.25) is 0 Å². The molecule has 0 bridgehead atoms. The summed E-state index contributed by atoms with van der Waals surface area (Å²) in [4.78, 5) is 27.6. The van der Waals surface area contributed by atoms with E-state index in [0.29, 0.717) is 21.5 Å². The monoisotopic (exact) mass is 547 g/mol. The molecule has 0 saturated carbocycles. The first kappa shape index (κ1) is 25.1. The molecule has 7 nitrogen and oxygen atoms in total. The maximum atomic E-state index is 13.0. The van der Waals surface area contributed by atoms with Crippen LogP contribution >= 0.6 is 35.7 Å². The predicted molar refractivity (Wildman–Crippen MR) is 150 cm³/mol. The zero-order chi connectivity index (χ0) is 26.1. The number of carbonyl (C=O) groups is 1. The maximum Gasteiger partial charge on any atom is 0.269 e. The van der Waals surface area contributed by atoms with Crippen LogP contribution in [-0.4, -0.2) is 24.6 Å². The van der Waals surface area contributed by atoms with Crippen LogP contribution in [0.4, 0.5) is 5.69 Å². The number of rotatable bonds is 7. The molecule has 2 aromatic carbocycles. The fourth-order valence-electron chi connectivity index (χ4n) is 4.10. The molecule has 1 aliphatic rings. The number of furan rings is 1. The Morgan fingerprint density at radius 2 is 1.76 bits per heavy atom. The summed E-state index contributed by atoms with van der Waals surface area (Å²) in [6.45, 7) is 4.38. The Morgan fingerprint density at radius 1 is 1.08 bits per heavy atom. The number of amides is 1. The number of nitro benzene ring substituents is 1. The zero-order valence-corrected chi connectivity index (χ0v) is 22.4. The van der Waals surface area contributed by atoms with Crippen molar-refractivity contribution in [1.29, 1.82) is 0 Å². The average molecular weight is 548 g/mol. The van der Waals surface area contributed by atoms with Gasteiger partial charge in [-0.3, -0.25) is 19.8 Å². The van der Waals surface area contributed by atoms with Crippen LogP contribution in [0.5, 0.6) is 0 Å². The minimum Gasteiger partial charge on any atom is -0.467 e. The van der Waals surface area contributed by atoms with Gasteiger partial charge in [0, 0.05) is 39.0 Å². The topological polar surface area (TPSA) is 81.5 Å². The van der Waals surface area contributed by atoms with Crippen molar-refractivity contribution < 1.29 is 14.1 Å². The van der Waals surface area contributed by atoms with E-state index in [0.717, 1.165) is 32.4 Å². The quantitative estimate of drug-likeness (QED) is 0.105. The Bertz CT molecular complexity index is 1520. The Kier molecular flexibility index (Phi) is 7.05. The molecule has 0 unspecified atom stereocenters. The molecule has 3 heterocycles. The molecule has 0 aliphatic carbocycles. The highest BCUT2D eigenvalue weighted by molar-refractivity contribution is 8.26. The fourth-order valence-corrected chi connectivity index (χ4v) is 6.16. The summed E-state index contributed by atoms with van der Waals surface area (Å²) < 4.78 is 8.04. The van der Waals surface area contributed by atoms with Gasteiger partial charge in [-0.15, -0.1) is 0 Å². The van der Waals surface area contributed by atoms with Crippen LogP contribution in [0.1, 0.15) is 22.7 Å². The van der Waals surface area contributed by atoms with Gasteiger partial charge < -0.3 is 8.98 Å². The molecule has 5 rings (SSSR count). The smallest absolute Gasteiger partial charge is 0.269 e. The molecular weight excluding hydrogens is 527 g/mol. The van der Waals surface area contributed by atoms with Gasteiger partial charge in [-0.25, -0.2) is 0 Å². The number of aromatic nitrogens is 1. The lowest BCUT2D eigenvalue weighted by Crippen LogP contribution is -2.27. The molecule has 1 fully saturated rings. The number of thioether (sulfide) groups is 1. The Hall–Kier alpha value is -3.60. The Labute approximate surface area is 227 Å². The van der Waals surface area contributed by atoms with Gasteiger partial charge in [0.1, 0.15) is 10.1 Å². The van der Waals surface area contributed by atoms with E-state index >= 15 is 0 Å². The van der Waals surface area contributed by atoms with Gasteiger partial charge in [0.05, 0.1) is 22.6 Å². The number of benzene rings is 2. The van der Waals surface area contributed by atoms with Crippen LogP contribution in [0.25, 0.3) is 11.8 Å². The van der Waals surface area contributed by atoms with Crippen molar-refractivity contribution >= 4 is 57.7 Å². The van der Waals surface area contributed by atoms with Crippen molar-refractivity contribution in [3.63, 3.8) is 0 Å². The number of nitro groups is 1. The van der Waals surface area contributed by atoms with Crippen molar-refractivity contribution in [3.05, 3.63) is 111 Å². The lowest BCUT2D eigenvalue weighted by Gasteiger charge is -2.12. The highest BCUT2D eigenvalue weighted by atomic mass is 32.2. The summed E-state index contributed by atoms with van der Waals surface area (Å²) in [6, 6.07) is 20.3. The summed E-state index contributed by atoms with van der Waals surface area (Å²) in [7, 11) is 0. The van der Waals surface area contributed by atoms with Gasteiger partial charge >= 0.3 is 0 Å². The molecule has 0 N–H and O–H groups in total. The molecule has 186 valence electrons. The van der Waals surface area contributed by atoms with Crippen LogP contribution in [-0.2, 0) is 11.3 Å². The zero-order valence-electron chi connectivity index (χ0n) is 19.9. The van der Waals surface area contributed by atoms with Gasteiger partial charge in [0.15, 0.2) is 0 Å². The summed E-state index contributed by atoms with van der Waals surface area (Å²) in [5.74, 6) is 0.565. The number of hydrogen-bond donors (Lipinski definition) is 0. The highest BCUT2D eigenvalue weighted by Crippen LogP contribution is 2.35. The summed E-state index contributed by atoms with van der Waals surface area (Å²) in [6.07, 6.45) is 3.48. The normalized spacial score (nSPS) is 14.6. The minimum atomic E-state index is -0.401. The van der Waals surface area contributed by atoms with Crippen LogP contribution in [0.3, 0.4) is 0 Å². The molecule has 0 atom stereocenters. The standard InChI is InChI=1S/C27H21N3O4S3/c1-17-14-19(15-25-26(31)28(27(35)37-25)16-22-4-3-13-34-22)18(2)29(17)20-5-9-23(10-6-20)36-24-11-7-21(8-12-24)30(32)33/h3-15H,16H2,1-2H3/b25-15-. The van der Waals surface area contributed by atoms with E-state index in [9.17, 15) is 14.9 Å². The molecule has 1 aliphatic heterocycles. The number of aryl methyl sites for hydroxylation is 1. The lowest BCUT2D eigenvalue weighted by atomic mass is 10.2. The van der Waals surface area contributed by atoms with Gasteiger partial charge in [-0.2, -0.15) is 0 Å². The number of thiocarbonyl (C=S) groups is 1. The van der Waals surface area contributed by atoms with E-state index in [4.69, 9.17) is 16.6 Å². The van der Waals surface area contributed by atoms with Crippen molar-refractivity contribution in [2.45, 2.75) is 30.2 Å². The van der Waals surface area contributed by atoms with Gasteiger partial charge in [0.25, 0.3) is 11.6 Å². The van der Waals surface area contributed by atoms with Gasteiger partial charge in [-0.05, 0) is 80.1 Å². The van der Waals surface area contributed by atoms with Crippen molar-refractivity contribution in [2.75, 3.05) is 0 Å². The van der Waals surface area contributed by atoms with Crippen molar-refractivity contribution in [2.24, 2.45) is 0 Å². The van der Waals surface area contributed by atoms with Gasteiger partial charge in [0.2, 0.25) is 0 Å². The molecular formula is C27H21N3O4S3. The first-order chi connectivity index (χ1) is 17.8. The molecule has 4 aromatic rings. The molecule has 0 spiro atoms. The Morgan fingerprint density at radius 3 is 2.38 bits per heavy atom. The fraction of sp³-hybridized carbons (Fsp3) is 0.111. The van der Waals surface area contributed by atoms with E-state index < -0.39 is 4.92 Å². The van der Waals surface area contributed by atoms with Crippen LogP contribution in [0.15, 0.2) is 92.1 Å². The molecule has 2 aromatic heterocycles. The largest absolute Gasteiger partial charge is 0.467 e. The summed E-state index contributed by atoms with van der Waals surface area (Å²) in [5, 5.41) is 10.9. The summed E-state index contributed by atoms with van der Waals surface area (Å²) in [5.41, 5.74) is 4.11. The van der Waals surface area contributed by atoms with Crippen LogP contribution in [0, 0.1) is 24.0 Å². The predicted octanol–water partition coefficient (Wildman–Crippen LogP) is 7.15. The average Bonchev–Trinajstić information content (AvgIpc) is 3.56. The lowest BCUT2D eigenvalue weighted by molar-refractivity contribution is -0.384. The molecule has 1 saturated heterocycles. The molecule has 37 heavy (non-hydrogen) atoms. The van der Waals surface area contributed by atoms with Crippen molar-refractivity contribution in [3.8, 4) is 5.69 Å². The highest BCUT2D eigenvalue weighted by Gasteiger charge is 2.33. The first-order valence-corrected chi connectivity index (χ1v) is 13.3. The summed E-state index contributed by atoms with van der Waals surface area (Å²) >= 11 is 8.29. The third-order valence-electron chi connectivity index (χ3n) is 5.90. The van der Waals surface area contributed by atoms with E-state index in [-0.39, 0.29) is 11.6 Å². The third-order valence-corrected chi connectivity index (χ3v) is 8.30. The Balaban J connectivity index is 1.34. The molecule has 1 amide bonds. The second-order valence-corrected chi connectivity index (χ2v) is 11.2. The van der Waals surface area contributed by atoms with E-state index in [1.807, 2.05) is 50.3 Å².